The van der Waals surface area contributed by atoms with Gasteiger partial charge in [0.1, 0.15) is 13.1 Å². The third-order valence-corrected chi connectivity index (χ3v) is 2.98. The van der Waals surface area contributed by atoms with Crippen LogP contribution >= 0.6 is 0 Å². The van der Waals surface area contributed by atoms with Crippen LogP contribution in [-0.2, 0) is 11.4 Å². The highest BCUT2D eigenvalue weighted by Gasteiger charge is 2.30. The fourth-order valence-electron chi connectivity index (χ4n) is 1.87. The molecule has 1 heterocycles. The molecular formula is C11H15N5O5. The second-order valence-electron chi connectivity index (χ2n) is 4.46. The Morgan fingerprint density at radius 1 is 1.00 bits per heavy atom. The van der Waals surface area contributed by atoms with Gasteiger partial charge in [-0.25, -0.2) is 20.2 Å². The van der Waals surface area contributed by atoms with E-state index in [1.807, 2.05) is 30.3 Å². The summed E-state index contributed by atoms with van der Waals surface area (Å²) >= 11 is 0. The molecule has 10 heteroatoms. The van der Waals surface area contributed by atoms with Crippen LogP contribution in [0.3, 0.4) is 0 Å². The molecule has 2 rings (SSSR count). The largest absolute Gasteiger partial charge is 0.290 e. The smallest absolute Gasteiger partial charge is 0.161 e. The summed E-state index contributed by atoms with van der Waals surface area (Å²) in [4.78, 5) is 27.2. The van der Waals surface area contributed by atoms with Gasteiger partial charge in [0.25, 0.3) is 0 Å². The number of rotatable bonds is 5. The van der Waals surface area contributed by atoms with Gasteiger partial charge in [0.2, 0.25) is 0 Å². The summed E-state index contributed by atoms with van der Waals surface area (Å²) in [5, 5.41) is 23.5. The Morgan fingerprint density at radius 2 is 1.52 bits per heavy atom. The van der Waals surface area contributed by atoms with Gasteiger partial charge in [0.15, 0.2) is 23.4 Å². The lowest BCUT2D eigenvalue weighted by Crippen LogP contribution is -2.41. The number of hydroxylamine groups is 2. The zero-order chi connectivity index (χ0) is 15.2. The highest BCUT2D eigenvalue weighted by molar-refractivity contribution is 5.13. The molecule has 1 fully saturated rings. The van der Waals surface area contributed by atoms with Crippen LogP contribution in [0.25, 0.3) is 0 Å². The molecule has 1 aliphatic heterocycles. The van der Waals surface area contributed by atoms with Crippen LogP contribution < -0.4 is 0 Å². The molecule has 0 aliphatic carbocycles. The maximum Gasteiger partial charge on any atom is 0.161 e. The van der Waals surface area contributed by atoms with E-state index in [0.717, 1.165) is 15.6 Å². The van der Waals surface area contributed by atoms with Crippen LogP contribution in [0.4, 0.5) is 0 Å². The fourth-order valence-corrected chi connectivity index (χ4v) is 1.87. The minimum Gasteiger partial charge on any atom is -0.290 e. The van der Waals surface area contributed by atoms with Crippen LogP contribution in [0.1, 0.15) is 5.56 Å². The van der Waals surface area contributed by atoms with E-state index in [4.69, 9.17) is 4.84 Å². The molecule has 1 aromatic rings. The summed E-state index contributed by atoms with van der Waals surface area (Å²) in [6.45, 7) is -0.162. The van der Waals surface area contributed by atoms with Crippen molar-refractivity contribution in [2.24, 2.45) is 0 Å². The molecule has 0 saturated carbocycles. The van der Waals surface area contributed by atoms with Crippen molar-refractivity contribution in [1.29, 1.82) is 0 Å². The van der Waals surface area contributed by atoms with Crippen molar-refractivity contribution in [3.8, 4) is 0 Å². The zero-order valence-electron chi connectivity index (χ0n) is 11.2. The zero-order valence-corrected chi connectivity index (χ0v) is 11.2. The van der Waals surface area contributed by atoms with Crippen molar-refractivity contribution in [1.82, 2.24) is 15.1 Å². The molecule has 0 unspecified atom stereocenters. The van der Waals surface area contributed by atoms with E-state index in [0.29, 0.717) is 0 Å². The lowest BCUT2D eigenvalue weighted by atomic mass is 10.2. The van der Waals surface area contributed by atoms with E-state index in [-0.39, 0.29) is 33.0 Å². The number of nitro groups is 2. The van der Waals surface area contributed by atoms with Gasteiger partial charge in [-0.15, -0.1) is 15.1 Å². The Hall–Kier alpha value is -2.46. The summed E-state index contributed by atoms with van der Waals surface area (Å²) in [6.07, 6.45) is 0. The minimum atomic E-state index is -0.581. The molecule has 10 nitrogen and oxygen atoms in total. The van der Waals surface area contributed by atoms with Crippen molar-refractivity contribution >= 4 is 0 Å². The Morgan fingerprint density at radius 3 is 2.00 bits per heavy atom. The molecule has 0 spiro atoms. The van der Waals surface area contributed by atoms with Crippen LogP contribution in [0.15, 0.2) is 30.3 Å². The van der Waals surface area contributed by atoms with E-state index in [1.54, 1.807) is 0 Å². The van der Waals surface area contributed by atoms with Gasteiger partial charge in [-0.2, -0.15) is 0 Å². The summed E-state index contributed by atoms with van der Waals surface area (Å²) in [5.41, 5.74) is 0.877. The third kappa shape index (κ3) is 4.26. The molecule has 0 N–H and O–H groups in total. The number of benzene rings is 1. The van der Waals surface area contributed by atoms with Crippen LogP contribution in [-0.4, -0.2) is 51.6 Å². The molecule has 0 radical (unpaired) electrons. The van der Waals surface area contributed by atoms with Gasteiger partial charge in [-0.3, -0.25) is 4.84 Å². The van der Waals surface area contributed by atoms with Crippen LogP contribution in [0.5, 0.6) is 0 Å². The first-order valence-corrected chi connectivity index (χ1v) is 6.26. The molecule has 0 aromatic heterocycles. The number of hydrogen-bond acceptors (Lipinski definition) is 6. The highest BCUT2D eigenvalue weighted by atomic mass is 16.7. The third-order valence-electron chi connectivity index (χ3n) is 2.98. The average molecular weight is 297 g/mol. The van der Waals surface area contributed by atoms with Crippen molar-refractivity contribution < 1.29 is 14.9 Å². The van der Waals surface area contributed by atoms with Crippen LogP contribution in [0, 0.1) is 20.2 Å². The summed E-state index contributed by atoms with van der Waals surface area (Å²) < 4.78 is 0. The highest BCUT2D eigenvalue weighted by Crippen LogP contribution is 2.08. The van der Waals surface area contributed by atoms with E-state index < -0.39 is 10.1 Å². The summed E-state index contributed by atoms with van der Waals surface area (Å²) in [7, 11) is 0. The van der Waals surface area contributed by atoms with Gasteiger partial charge in [0, 0.05) is 0 Å². The Kier molecular flexibility index (Phi) is 4.85. The van der Waals surface area contributed by atoms with E-state index in [1.165, 1.54) is 5.06 Å². The first kappa shape index (κ1) is 14.9. The van der Waals surface area contributed by atoms with E-state index >= 15 is 0 Å². The molecule has 1 aliphatic rings. The molecule has 1 aromatic carbocycles. The topological polar surface area (TPSA) is 105 Å². The van der Waals surface area contributed by atoms with E-state index in [2.05, 4.69) is 0 Å². The lowest BCUT2D eigenvalue weighted by Gasteiger charge is -2.21. The average Bonchev–Trinajstić information content (AvgIpc) is 2.69. The fraction of sp³-hybridized carbons (Fsp3) is 0.455. The Balaban J connectivity index is 1.99. The monoisotopic (exact) mass is 297 g/mol. The maximum atomic E-state index is 10.9. The van der Waals surface area contributed by atoms with Gasteiger partial charge in [-0.1, -0.05) is 30.3 Å². The molecule has 0 atom stereocenters. The molecule has 114 valence electrons. The Bertz CT molecular complexity index is 475. The predicted molar refractivity (Wildman–Crippen MR) is 70.2 cm³/mol. The van der Waals surface area contributed by atoms with Crippen molar-refractivity contribution in [3.63, 3.8) is 0 Å². The van der Waals surface area contributed by atoms with E-state index in [9.17, 15) is 20.2 Å². The van der Waals surface area contributed by atoms with Crippen molar-refractivity contribution in [2.75, 3.05) is 26.4 Å². The molecule has 1 saturated heterocycles. The van der Waals surface area contributed by atoms with Crippen LogP contribution in [0.2, 0.25) is 0 Å². The molecule has 21 heavy (non-hydrogen) atoms. The first-order valence-electron chi connectivity index (χ1n) is 6.26. The predicted octanol–water partition coefficient (Wildman–Crippen LogP) is 0.336. The maximum absolute atomic E-state index is 10.9. The van der Waals surface area contributed by atoms with Crippen molar-refractivity contribution in [3.05, 3.63) is 56.1 Å². The molecule has 0 amide bonds. The number of hydrogen-bond donors (Lipinski definition) is 0. The van der Waals surface area contributed by atoms with Crippen molar-refractivity contribution in [2.45, 2.75) is 6.61 Å². The molecule has 0 bridgehead atoms. The summed E-state index contributed by atoms with van der Waals surface area (Å²) in [5.74, 6) is 0. The second-order valence-corrected chi connectivity index (χ2v) is 4.46. The number of nitrogens with zero attached hydrogens (tertiary/aromatic N) is 5. The van der Waals surface area contributed by atoms with Gasteiger partial charge < -0.3 is 0 Å². The van der Waals surface area contributed by atoms with Gasteiger partial charge in [-0.05, 0) is 5.56 Å². The minimum absolute atomic E-state index is 0.0425. The van der Waals surface area contributed by atoms with Gasteiger partial charge >= 0.3 is 0 Å². The lowest BCUT2D eigenvalue weighted by molar-refractivity contribution is -0.666. The Labute approximate surface area is 120 Å². The van der Waals surface area contributed by atoms with Gasteiger partial charge in [0.05, 0.1) is 6.61 Å². The quantitative estimate of drug-likeness (QED) is 0.565. The SMILES string of the molecule is O=[N+]([O-])N1CCN([N+](=O)[O-])CN(OCc2ccccc2)C1. The summed E-state index contributed by atoms with van der Waals surface area (Å²) in [6, 6.07) is 9.22. The molecular weight excluding hydrogens is 282 g/mol. The second kappa shape index (κ2) is 6.81. The standard InChI is InChI=1S/C11H15N5O5/c17-15(18)12-6-7-13(16(19)20)10-14(9-12)21-8-11-4-2-1-3-5-11/h1-5H,6-10H2. The number of hydrazine groups is 2. The first-order chi connectivity index (χ1) is 10.1. The normalized spacial score (nSPS) is 16.6.